The van der Waals surface area contributed by atoms with Gasteiger partial charge < -0.3 is 9.52 Å². The van der Waals surface area contributed by atoms with Crippen LogP contribution in [0.5, 0.6) is 0 Å². The lowest BCUT2D eigenvalue weighted by atomic mass is 10.1. The number of hydrogen-bond donors (Lipinski definition) is 1. The summed E-state index contributed by atoms with van der Waals surface area (Å²) in [5.41, 5.74) is 0. The predicted octanol–water partition coefficient (Wildman–Crippen LogP) is 2.68. The van der Waals surface area contributed by atoms with Gasteiger partial charge in [0, 0.05) is 6.42 Å². The molecule has 0 amide bonds. The summed E-state index contributed by atoms with van der Waals surface area (Å²) in [7, 11) is 0. The molecule has 13 heavy (non-hydrogen) atoms. The lowest BCUT2D eigenvalue weighted by Gasteiger charge is -2.06. The first-order chi connectivity index (χ1) is 6.22. The second-order valence-electron chi connectivity index (χ2n) is 3.51. The number of aliphatic hydroxyl groups excluding tert-OH is 1. The summed E-state index contributed by atoms with van der Waals surface area (Å²) in [6.45, 7) is 4.05. The summed E-state index contributed by atoms with van der Waals surface area (Å²) in [5.74, 6) is 1.80. The van der Waals surface area contributed by atoms with Gasteiger partial charge in [-0.2, -0.15) is 0 Å². The normalized spacial score (nSPS) is 13.2. The van der Waals surface area contributed by atoms with E-state index in [1.807, 2.05) is 19.1 Å². The standard InChI is InChI=1S/C11H18O2/c1-3-4-5-10(12)8-11-7-6-9(2)13-11/h6-7,10,12H,3-5,8H2,1-2H3. The molecule has 1 atom stereocenters. The molecule has 0 aromatic carbocycles. The molecule has 74 valence electrons. The second kappa shape index (κ2) is 5.07. The van der Waals surface area contributed by atoms with Gasteiger partial charge in [-0.15, -0.1) is 0 Å². The Hall–Kier alpha value is -0.760. The molecule has 1 aromatic heterocycles. The molecule has 1 rings (SSSR count). The average molecular weight is 182 g/mol. The van der Waals surface area contributed by atoms with Gasteiger partial charge in [0.05, 0.1) is 6.10 Å². The molecule has 0 spiro atoms. The number of rotatable bonds is 5. The van der Waals surface area contributed by atoms with E-state index in [1.54, 1.807) is 0 Å². The van der Waals surface area contributed by atoms with Crippen LogP contribution in [0.3, 0.4) is 0 Å². The molecule has 0 saturated carbocycles. The zero-order valence-corrected chi connectivity index (χ0v) is 8.42. The smallest absolute Gasteiger partial charge is 0.106 e. The van der Waals surface area contributed by atoms with Crippen LogP contribution >= 0.6 is 0 Å². The summed E-state index contributed by atoms with van der Waals surface area (Å²) in [6, 6.07) is 3.87. The molecule has 1 N–H and O–H groups in total. The molecule has 0 aliphatic carbocycles. The fourth-order valence-electron chi connectivity index (χ4n) is 1.37. The molecule has 2 nitrogen and oxygen atoms in total. The minimum atomic E-state index is -0.245. The summed E-state index contributed by atoms with van der Waals surface area (Å²) >= 11 is 0. The van der Waals surface area contributed by atoms with Crippen molar-refractivity contribution < 1.29 is 9.52 Å². The number of unbranched alkanes of at least 4 members (excludes halogenated alkanes) is 1. The van der Waals surface area contributed by atoms with Crippen molar-refractivity contribution in [3.63, 3.8) is 0 Å². The van der Waals surface area contributed by atoms with Crippen LogP contribution < -0.4 is 0 Å². The van der Waals surface area contributed by atoms with Gasteiger partial charge in [-0.3, -0.25) is 0 Å². The molecule has 1 heterocycles. The van der Waals surface area contributed by atoms with E-state index in [1.165, 1.54) is 0 Å². The van der Waals surface area contributed by atoms with Crippen molar-refractivity contribution in [1.82, 2.24) is 0 Å². The van der Waals surface area contributed by atoms with Crippen molar-refractivity contribution >= 4 is 0 Å². The van der Waals surface area contributed by atoms with Crippen LogP contribution in [0, 0.1) is 6.92 Å². The molecule has 0 aliphatic heterocycles. The van der Waals surface area contributed by atoms with E-state index in [4.69, 9.17) is 4.42 Å². The Morgan fingerprint density at radius 1 is 1.46 bits per heavy atom. The zero-order chi connectivity index (χ0) is 9.68. The van der Waals surface area contributed by atoms with E-state index >= 15 is 0 Å². The molecule has 0 radical (unpaired) electrons. The highest BCUT2D eigenvalue weighted by Gasteiger charge is 2.07. The van der Waals surface area contributed by atoms with E-state index < -0.39 is 0 Å². The Balaban J connectivity index is 2.31. The van der Waals surface area contributed by atoms with Gasteiger partial charge in [0.2, 0.25) is 0 Å². The summed E-state index contributed by atoms with van der Waals surface area (Å²) < 4.78 is 5.37. The van der Waals surface area contributed by atoms with Gasteiger partial charge in [-0.1, -0.05) is 19.8 Å². The second-order valence-corrected chi connectivity index (χ2v) is 3.51. The lowest BCUT2D eigenvalue weighted by molar-refractivity contribution is 0.154. The van der Waals surface area contributed by atoms with Crippen LogP contribution in [-0.4, -0.2) is 11.2 Å². The lowest BCUT2D eigenvalue weighted by Crippen LogP contribution is -2.09. The summed E-state index contributed by atoms with van der Waals surface area (Å²) in [5, 5.41) is 9.58. The van der Waals surface area contributed by atoms with E-state index in [9.17, 15) is 5.11 Å². The Bertz CT molecular complexity index is 240. The van der Waals surface area contributed by atoms with Crippen molar-refractivity contribution in [2.75, 3.05) is 0 Å². The highest BCUT2D eigenvalue weighted by molar-refractivity contribution is 5.06. The maximum atomic E-state index is 9.58. The molecule has 0 bridgehead atoms. The average Bonchev–Trinajstić information content (AvgIpc) is 2.48. The first kappa shape index (κ1) is 10.3. The number of aliphatic hydroxyl groups is 1. The van der Waals surface area contributed by atoms with Crippen LogP contribution in [0.15, 0.2) is 16.5 Å². The predicted molar refractivity (Wildman–Crippen MR) is 52.7 cm³/mol. The van der Waals surface area contributed by atoms with E-state index in [-0.39, 0.29) is 6.10 Å². The van der Waals surface area contributed by atoms with Gasteiger partial charge in [0.25, 0.3) is 0 Å². The molecular formula is C11H18O2. The van der Waals surface area contributed by atoms with Gasteiger partial charge in [-0.05, 0) is 25.5 Å². The van der Waals surface area contributed by atoms with Gasteiger partial charge in [-0.25, -0.2) is 0 Å². The fourth-order valence-corrected chi connectivity index (χ4v) is 1.37. The van der Waals surface area contributed by atoms with Crippen molar-refractivity contribution in [3.05, 3.63) is 23.7 Å². The van der Waals surface area contributed by atoms with Crippen LogP contribution in [-0.2, 0) is 6.42 Å². The minimum Gasteiger partial charge on any atom is -0.466 e. The van der Waals surface area contributed by atoms with E-state index in [2.05, 4.69) is 6.92 Å². The zero-order valence-electron chi connectivity index (χ0n) is 8.42. The quantitative estimate of drug-likeness (QED) is 0.759. The van der Waals surface area contributed by atoms with Gasteiger partial charge in [0.15, 0.2) is 0 Å². The fraction of sp³-hybridized carbons (Fsp3) is 0.636. The third-order valence-corrected chi connectivity index (χ3v) is 2.12. The Labute approximate surface area is 79.6 Å². The molecule has 2 heteroatoms. The first-order valence-electron chi connectivity index (χ1n) is 4.95. The molecular weight excluding hydrogens is 164 g/mol. The van der Waals surface area contributed by atoms with Gasteiger partial charge >= 0.3 is 0 Å². The molecule has 0 aliphatic rings. The van der Waals surface area contributed by atoms with Crippen molar-refractivity contribution in [2.45, 2.75) is 45.6 Å². The van der Waals surface area contributed by atoms with Crippen LogP contribution in [0.4, 0.5) is 0 Å². The number of hydrogen-bond acceptors (Lipinski definition) is 2. The van der Waals surface area contributed by atoms with E-state index in [0.29, 0.717) is 6.42 Å². The van der Waals surface area contributed by atoms with Crippen LogP contribution in [0.2, 0.25) is 0 Å². The minimum absolute atomic E-state index is 0.245. The number of furan rings is 1. The topological polar surface area (TPSA) is 33.4 Å². The van der Waals surface area contributed by atoms with Crippen molar-refractivity contribution in [1.29, 1.82) is 0 Å². The Kier molecular flexibility index (Phi) is 4.03. The number of aryl methyl sites for hydroxylation is 1. The molecule has 0 fully saturated rings. The maximum Gasteiger partial charge on any atom is 0.106 e. The van der Waals surface area contributed by atoms with Crippen molar-refractivity contribution in [3.8, 4) is 0 Å². The van der Waals surface area contributed by atoms with Gasteiger partial charge in [0.1, 0.15) is 11.5 Å². The highest BCUT2D eigenvalue weighted by atomic mass is 16.3. The summed E-state index contributed by atoms with van der Waals surface area (Å²) in [6.07, 6.45) is 3.49. The summed E-state index contributed by atoms with van der Waals surface area (Å²) in [4.78, 5) is 0. The highest BCUT2D eigenvalue weighted by Crippen LogP contribution is 2.11. The van der Waals surface area contributed by atoms with Crippen LogP contribution in [0.25, 0.3) is 0 Å². The first-order valence-corrected chi connectivity index (χ1v) is 4.95. The van der Waals surface area contributed by atoms with E-state index in [0.717, 1.165) is 30.8 Å². The Morgan fingerprint density at radius 3 is 2.77 bits per heavy atom. The third-order valence-electron chi connectivity index (χ3n) is 2.12. The SMILES string of the molecule is CCCCC(O)Cc1ccc(C)o1. The third kappa shape index (κ3) is 3.64. The molecule has 1 aromatic rings. The van der Waals surface area contributed by atoms with Crippen molar-refractivity contribution in [2.24, 2.45) is 0 Å². The Morgan fingerprint density at radius 2 is 2.23 bits per heavy atom. The monoisotopic (exact) mass is 182 g/mol. The largest absolute Gasteiger partial charge is 0.466 e. The molecule has 1 unspecified atom stereocenters. The maximum absolute atomic E-state index is 9.58. The van der Waals surface area contributed by atoms with Crippen LogP contribution in [0.1, 0.15) is 37.7 Å². The molecule has 0 saturated heterocycles.